The molecule has 1 rings (SSSR count). The Morgan fingerprint density at radius 2 is 1.95 bits per heavy atom. The van der Waals surface area contributed by atoms with Crippen molar-refractivity contribution in [2.75, 3.05) is 20.2 Å². The van der Waals surface area contributed by atoms with Crippen molar-refractivity contribution in [1.82, 2.24) is 10.6 Å². The van der Waals surface area contributed by atoms with Gasteiger partial charge in [0.2, 0.25) is 0 Å². The van der Waals surface area contributed by atoms with Crippen molar-refractivity contribution in [1.29, 1.82) is 0 Å². The summed E-state index contributed by atoms with van der Waals surface area (Å²) in [7, 11) is 1.54. The summed E-state index contributed by atoms with van der Waals surface area (Å²) < 4.78 is 5.29. The molecule has 3 N–H and O–H groups in total. The van der Waals surface area contributed by atoms with Gasteiger partial charge in [0.15, 0.2) is 0 Å². The van der Waals surface area contributed by atoms with E-state index in [1.54, 1.807) is 19.2 Å². The van der Waals surface area contributed by atoms with Crippen LogP contribution in [0.25, 0.3) is 0 Å². The molecule has 1 atom stereocenters. The number of urea groups is 1. The predicted molar refractivity (Wildman–Crippen MR) is 74.9 cm³/mol. The molecule has 0 aromatic heterocycles. The van der Waals surface area contributed by atoms with Crippen molar-refractivity contribution in [2.45, 2.75) is 12.5 Å². The number of hydrogen-bond acceptors (Lipinski definition) is 3. The minimum atomic E-state index is -0.957. The molecular weight excluding hydrogens is 284 g/mol. The molecule has 0 saturated carbocycles. The van der Waals surface area contributed by atoms with Gasteiger partial charge in [-0.3, -0.25) is 4.79 Å². The second-order valence-corrected chi connectivity index (χ2v) is 4.49. The molecule has 1 aromatic rings. The number of methoxy groups -OCH3 is 1. The number of aliphatic carboxylic acids is 1. The van der Waals surface area contributed by atoms with Gasteiger partial charge in [0.05, 0.1) is 12.5 Å². The highest BCUT2D eigenvalue weighted by Crippen LogP contribution is 2.18. The number of nitrogens with one attached hydrogen (secondary N) is 2. The van der Waals surface area contributed by atoms with Crippen molar-refractivity contribution >= 4 is 23.6 Å². The molecule has 0 bridgehead atoms. The monoisotopic (exact) mass is 300 g/mol. The Morgan fingerprint density at radius 3 is 2.50 bits per heavy atom. The minimum absolute atomic E-state index is 0.0831. The van der Waals surface area contributed by atoms with Crippen LogP contribution in [-0.4, -0.2) is 37.3 Å². The summed E-state index contributed by atoms with van der Waals surface area (Å²) in [6.07, 6.45) is -0.407. The first kappa shape index (κ1) is 16.3. The molecular formula is C13H17ClN2O4. The van der Waals surface area contributed by atoms with Crippen LogP contribution in [0.4, 0.5) is 4.79 Å². The van der Waals surface area contributed by atoms with Crippen molar-refractivity contribution in [2.24, 2.45) is 0 Å². The van der Waals surface area contributed by atoms with Crippen molar-refractivity contribution in [3.05, 3.63) is 34.9 Å². The standard InChI is InChI=1S/C13H17ClN2O4/c1-20-11(9-2-4-10(14)5-3-9)8-16-13(19)15-7-6-12(17)18/h2-5,11H,6-8H2,1H3,(H,17,18)(H2,15,16,19). The van der Waals surface area contributed by atoms with Crippen LogP contribution in [0.2, 0.25) is 5.02 Å². The molecule has 0 saturated heterocycles. The summed E-state index contributed by atoms with van der Waals surface area (Å²) >= 11 is 5.80. The summed E-state index contributed by atoms with van der Waals surface area (Å²) in [6, 6.07) is 6.70. The van der Waals surface area contributed by atoms with Gasteiger partial charge in [-0.15, -0.1) is 0 Å². The number of carboxylic acids is 1. The smallest absolute Gasteiger partial charge is 0.314 e. The van der Waals surface area contributed by atoms with Gasteiger partial charge in [0.1, 0.15) is 0 Å². The molecule has 0 aliphatic rings. The quantitative estimate of drug-likeness (QED) is 0.716. The first-order chi connectivity index (χ1) is 9.52. The van der Waals surface area contributed by atoms with Crippen molar-refractivity contribution < 1.29 is 19.4 Å². The molecule has 2 amide bonds. The fourth-order valence-electron chi connectivity index (χ4n) is 1.55. The lowest BCUT2D eigenvalue weighted by Gasteiger charge is -2.16. The number of carboxylic acid groups (broad SMARTS) is 1. The average Bonchev–Trinajstić information content (AvgIpc) is 2.41. The minimum Gasteiger partial charge on any atom is -0.481 e. The Hall–Kier alpha value is -1.79. The molecule has 1 unspecified atom stereocenters. The zero-order chi connectivity index (χ0) is 15.0. The van der Waals surface area contributed by atoms with E-state index in [9.17, 15) is 9.59 Å². The lowest BCUT2D eigenvalue weighted by Crippen LogP contribution is -2.39. The van der Waals surface area contributed by atoms with Gasteiger partial charge in [-0.25, -0.2) is 4.79 Å². The third-order valence-corrected chi connectivity index (χ3v) is 2.85. The third-order valence-electron chi connectivity index (χ3n) is 2.60. The molecule has 0 radical (unpaired) electrons. The number of rotatable bonds is 7. The lowest BCUT2D eigenvalue weighted by atomic mass is 10.1. The Kier molecular flexibility index (Phi) is 6.83. The van der Waals surface area contributed by atoms with Gasteiger partial charge >= 0.3 is 12.0 Å². The number of amides is 2. The molecule has 1 aromatic carbocycles. The first-order valence-electron chi connectivity index (χ1n) is 6.04. The second-order valence-electron chi connectivity index (χ2n) is 4.06. The van der Waals surface area contributed by atoms with Crippen molar-refractivity contribution in [3.8, 4) is 0 Å². The summed E-state index contributed by atoms with van der Waals surface area (Å²) in [5.41, 5.74) is 0.891. The third kappa shape index (κ3) is 5.90. The molecule has 7 heteroatoms. The SMILES string of the molecule is COC(CNC(=O)NCCC(=O)O)c1ccc(Cl)cc1. The van der Waals surface area contributed by atoms with Crippen molar-refractivity contribution in [3.63, 3.8) is 0 Å². The molecule has 0 spiro atoms. The Bertz CT molecular complexity index is 450. The summed E-state index contributed by atoms with van der Waals surface area (Å²) in [5.74, 6) is -0.957. The summed E-state index contributed by atoms with van der Waals surface area (Å²) in [5, 5.41) is 14.1. The van der Waals surface area contributed by atoms with E-state index in [-0.39, 0.29) is 25.6 Å². The topological polar surface area (TPSA) is 87.7 Å². The fraction of sp³-hybridized carbons (Fsp3) is 0.385. The Labute approximate surface area is 122 Å². The highest BCUT2D eigenvalue weighted by molar-refractivity contribution is 6.30. The van der Waals surface area contributed by atoms with E-state index in [0.717, 1.165) is 5.56 Å². The van der Waals surface area contributed by atoms with Gasteiger partial charge in [0, 0.05) is 25.2 Å². The van der Waals surface area contributed by atoms with E-state index >= 15 is 0 Å². The maximum absolute atomic E-state index is 11.4. The van der Waals surface area contributed by atoms with Crippen LogP contribution in [0.1, 0.15) is 18.1 Å². The van der Waals surface area contributed by atoms with Crippen LogP contribution < -0.4 is 10.6 Å². The summed E-state index contributed by atoms with van der Waals surface area (Å²) in [4.78, 5) is 21.7. The molecule has 0 aliphatic carbocycles. The van der Waals surface area contributed by atoms with Crippen LogP contribution in [0, 0.1) is 0 Å². The number of carbonyl (C=O) groups is 2. The zero-order valence-corrected chi connectivity index (χ0v) is 11.8. The van der Waals surface area contributed by atoms with Gasteiger partial charge in [-0.05, 0) is 17.7 Å². The molecule has 110 valence electrons. The predicted octanol–water partition coefficient (Wildman–Crippen LogP) is 1.80. The zero-order valence-electron chi connectivity index (χ0n) is 11.1. The molecule has 0 heterocycles. The Morgan fingerprint density at radius 1 is 1.30 bits per heavy atom. The van der Waals surface area contributed by atoms with E-state index in [1.807, 2.05) is 12.1 Å². The highest BCUT2D eigenvalue weighted by atomic mass is 35.5. The van der Waals surface area contributed by atoms with Gasteiger partial charge in [-0.2, -0.15) is 0 Å². The van der Waals surface area contributed by atoms with E-state index in [1.165, 1.54) is 0 Å². The van der Waals surface area contributed by atoms with E-state index in [2.05, 4.69) is 10.6 Å². The van der Waals surface area contributed by atoms with E-state index in [0.29, 0.717) is 5.02 Å². The van der Waals surface area contributed by atoms with Crippen LogP contribution in [-0.2, 0) is 9.53 Å². The first-order valence-corrected chi connectivity index (χ1v) is 6.42. The highest BCUT2D eigenvalue weighted by Gasteiger charge is 2.12. The second kappa shape index (κ2) is 8.39. The average molecular weight is 301 g/mol. The summed E-state index contributed by atoms with van der Waals surface area (Å²) in [6.45, 7) is 0.358. The van der Waals surface area contributed by atoms with E-state index in [4.69, 9.17) is 21.4 Å². The molecule has 6 nitrogen and oxygen atoms in total. The lowest BCUT2D eigenvalue weighted by molar-refractivity contribution is -0.136. The normalized spacial score (nSPS) is 11.7. The van der Waals surface area contributed by atoms with E-state index < -0.39 is 12.0 Å². The maximum atomic E-state index is 11.4. The van der Waals surface area contributed by atoms with Crippen LogP contribution >= 0.6 is 11.6 Å². The van der Waals surface area contributed by atoms with Gasteiger partial charge in [-0.1, -0.05) is 23.7 Å². The number of benzene rings is 1. The van der Waals surface area contributed by atoms with Crippen LogP contribution in [0.15, 0.2) is 24.3 Å². The van der Waals surface area contributed by atoms with Gasteiger partial charge in [0.25, 0.3) is 0 Å². The number of hydrogen-bond donors (Lipinski definition) is 3. The number of ether oxygens (including phenoxy) is 1. The molecule has 20 heavy (non-hydrogen) atoms. The Balaban J connectivity index is 2.39. The van der Waals surface area contributed by atoms with Gasteiger partial charge < -0.3 is 20.5 Å². The maximum Gasteiger partial charge on any atom is 0.314 e. The van der Waals surface area contributed by atoms with Crippen LogP contribution in [0.3, 0.4) is 0 Å². The number of halogens is 1. The largest absolute Gasteiger partial charge is 0.481 e. The molecule has 0 fully saturated rings. The number of carbonyl (C=O) groups excluding carboxylic acids is 1. The van der Waals surface area contributed by atoms with Crippen LogP contribution in [0.5, 0.6) is 0 Å². The molecule has 0 aliphatic heterocycles. The fourth-order valence-corrected chi connectivity index (χ4v) is 1.67.